The number of hydrogen-bond acceptors (Lipinski definition) is 5. The lowest BCUT2D eigenvalue weighted by Crippen LogP contribution is -2.00. The summed E-state index contributed by atoms with van der Waals surface area (Å²) in [5, 5.41) is 12.9. The van der Waals surface area contributed by atoms with Crippen molar-refractivity contribution in [2.45, 2.75) is 19.3 Å². The Morgan fingerprint density at radius 3 is 1.79 bits per heavy atom. The molecule has 2 aromatic carbocycles. The summed E-state index contributed by atoms with van der Waals surface area (Å²) in [4.78, 5) is 15.8. The second-order valence-electron chi connectivity index (χ2n) is 6.02. The van der Waals surface area contributed by atoms with E-state index in [1.165, 1.54) is 7.11 Å². The first-order valence-corrected chi connectivity index (χ1v) is 8.89. The molecule has 0 bridgehead atoms. The van der Waals surface area contributed by atoms with Gasteiger partial charge in [0.2, 0.25) is 0 Å². The largest absolute Gasteiger partial charge is 0.497 e. The third-order valence-corrected chi connectivity index (χ3v) is 4.23. The van der Waals surface area contributed by atoms with Gasteiger partial charge in [-0.1, -0.05) is 29.4 Å². The molecule has 148 valence electrons. The highest BCUT2D eigenvalue weighted by atomic mass is 16.6. The zero-order valence-electron chi connectivity index (χ0n) is 16.3. The van der Waals surface area contributed by atoms with Crippen molar-refractivity contribution < 1.29 is 24.2 Å². The van der Waals surface area contributed by atoms with Gasteiger partial charge in [0.05, 0.1) is 20.4 Å². The van der Waals surface area contributed by atoms with Crippen molar-refractivity contribution in [3.8, 4) is 11.5 Å². The van der Waals surface area contributed by atoms with Gasteiger partial charge in [0.25, 0.3) is 0 Å². The lowest BCUT2D eigenvalue weighted by Gasteiger charge is -2.15. The van der Waals surface area contributed by atoms with Crippen LogP contribution in [0.1, 0.15) is 30.4 Å². The van der Waals surface area contributed by atoms with E-state index in [4.69, 9.17) is 19.4 Å². The van der Waals surface area contributed by atoms with Crippen LogP contribution in [-0.4, -0.2) is 38.6 Å². The van der Waals surface area contributed by atoms with E-state index in [1.807, 2.05) is 48.5 Å². The van der Waals surface area contributed by atoms with Gasteiger partial charge in [0.1, 0.15) is 18.6 Å². The second kappa shape index (κ2) is 10.8. The SMILES string of the molecule is CON=CC(CCCC(=O)O)=C(c1ccc(OC)cc1)c1ccc(OC)cc1. The van der Waals surface area contributed by atoms with Crippen LogP contribution >= 0.6 is 0 Å². The van der Waals surface area contributed by atoms with E-state index in [-0.39, 0.29) is 6.42 Å². The monoisotopic (exact) mass is 383 g/mol. The molecule has 6 heteroatoms. The van der Waals surface area contributed by atoms with E-state index in [9.17, 15) is 4.79 Å². The second-order valence-corrected chi connectivity index (χ2v) is 6.02. The third-order valence-electron chi connectivity index (χ3n) is 4.23. The van der Waals surface area contributed by atoms with Crippen molar-refractivity contribution in [2.75, 3.05) is 21.3 Å². The molecule has 0 fully saturated rings. The fourth-order valence-electron chi connectivity index (χ4n) is 2.85. The summed E-state index contributed by atoms with van der Waals surface area (Å²) in [6.45, 7) is 0. The number of allylic oxidation sites excluding steroid dienone is 1. The van der Waals surface area contributed by atoms with Gasteiger partial charge >= 0.3 is 5.97 Å². The van der Waals surface area contributed by atoms with Gasteiger partial charge in [-0.05, 0) is 59.4 Å². The number of nitrogens with zero attached hydrogens (tertiary/aromatic N) is 1. The van der Waals surface area contributed by atoms with Crippen LogP contribution in [0.5, 0.6) is 11.5 Å². The van der Waals surface area contributed by atoms with E-state index in [1.54, 1.807) is 20.4 Å². The summed E-state index contributed by atoms with van der Waals surface area (Å²) < 4.78 is 10.5. The van der Waals surface area contributed by atoms with E-state index >= 15 is 0 Å². The van der Waals surface area contributed by atoms with E-state index in [0.29, 0.717) is 12.8 Å². The number of carboxylic acids is 1. The van der Waals surface area contributed by atoms with Gasteiger partial charge in [-0.2, -0.15) is 0 Å². The standard InChI is InChI=1S/C22H25NO5/c1-26-19-11-7-16(8-12-19)22(17-9-13-20(27-2)14-10-17)18(15-23-28-3)5-4-6-21(24)25/h7-15H,4-6H2,1-3H3,(H,24,25). The number of ether oxygens (including phenoxy) is 2. The fraction of sp³-hybridized carbons (Fsp3) is 0.273. The summed E-state index contributed by atoms with van der Waals surface area (Å²) >= 11 is 0. The Morgan fingerprint density at radius 1 is 0.893 bits per heavy atom. The van der Waals surface area contributed by atoms with Crippen molar-refractivity contribution in [2.24, 2.45) is 5.16 Å². The van der Waals surface area contributed by atoms with Gasteiger partial charge in [-0.3, -0.25) is 4.79 Å². The molecular weight excluding hydrogens is 358 g/mol. The van der Waals surface area contributed by atoms with Gasteiger partial charge in [-0.25, -0.2) is 0 Å². The molecule has 0 saturated heterocycles. The van der Waals surface area contributed by atoms with Crippen molar-refractivity contribution >= 4 is 17.8 Å². The Balaban J connectivity index is 2.56. The number of benzene rings is 2. The minimum Gasteiger partial charge on any atom is -0.497 e. The normalized spacial score (nSPS) is 10.5. The number of methoxy groups -OCH3 is 2. The number of hydrogen-bond donors (Lipinski definition) is 1. The maximum Gasteiger partial charge on any atom is 0.303 e. The Morgan fingerprint density at radius 2 is 1.39 bits per heavy atom. The van der Waals surface area contributed by atoms with E-state index < -0.39 is 5.97 Å². The van der Waals surface area contributed by atoms with Crippen LogP contribution in [0.15, 0.2) is 59.3 Å². The van der Waals surface area contributed by atoms with Crippen molar-refractivity contribution in [1.82, 2.24) is 0 Å². The summed E-state index contributed by atoms with van der Waals surface area (Å²) in [6, 6.07) is 15.4. The molecule has 0 aliphatic heterocycles. The molecule has 1 N–H and O–H groups in total. The van der Waals surface area contributed by atoms with Crippen molar-refractivity contribution in [3.05, 3.63) is 65.2 Å². The molecule has 6 nitrogen and oxygen atoms in total. The molecule has 0 heterocycles. The number of rotatable bonds is 10. The summed E-state index contributed by atoms with van der Waals surface area (Å²) in [7, 11) is 4.72. The highest BCUT2D eigenvalue weighted by Gasteiger charge is 2.13. The van der Waals surface area contributed by atoms with Crippen LogP contribution in [0.25, 0.3) is 5.57 Å². The van der Waals surface area contributed by atoms with Gasteiger partial charge in [0.15, 0.2) is 0 Å². The van der Waals surface area contributed by atoms with Gasteiger partial charge in [0, 0.05) is 6.42 Å². The fourth-order valence-corrected chi connectivity index (χ4v) is 2.85. The van der Waals surface area contributed by atoms with Crippen molar-refractivity contribution in [1.29, 1.82) is 0 Å². The number of carbonyl (C=O) groups is 1. The van der Waals surface area contributed by atoms with Crippen molar-refractivity contribution in [3.63, 3.8) is 0 Å². The molecule has 0 unspecified atom stereocenters. The molecule has 0 saturated carbocycles. The van der Waals surface area contributed by atoms with E-state index in [0.717, 1.165) is 33.8 Å². The molecule has 0 spiro atoms. The lowest BCUT2D eigenvalue weighted by atomic mass is 9.91. The molecule has 0 atom stereocenters. The highest BCUT2D eigenvalue weighted by Crippen LogP contribution is 2.31. The molecule has 0 aliphatic carbocycles. The molecule has 0 amide bonds. The predicted octanol–water partition coefficient (Wildman–Crippen LogP) is 4.39. The summed E-state index contributed by atoms with van der Waals surface area (Å²) in [5.41, 5.74) is 3.78. The summed E-state index contributed by atoms with van der Waals surface area (Å²) in [6.07, 6.45) is 2.78. The number of oxime groups is 1. The molecule has 0 aliphatic rings. The molecular formula is C22H25NO5. The average molecular weight is 383 g/mol. The zero-order chi connectivity index (χ0) is 20.4. The lowest BCUT2D eigenvalue weighted by molar-refractivity contribution is -0.137. The van der Waals surface area contributed by atoms with Crippen LogP contribution < -0.4 is 9.47 Å². The van der Waals surface area contributed by atoms with Crippen LogP contribution in [-0.2, 0) is 9.63 Å². The minimum absolute atomic E-state index is 0.0861. The number of carboxylic acid groups (broad SMARTS) is 1. The topological polar surface area (TPSA) is 77.4 Å². The Labute approximate surface area is 165 Å². The third kappa shape index (κ3) is 5.87. The Kier molecular flexibility index (Phi) is 8.09. The number of aliphatic carboxylic acids is 1. The Bertz CT molecular complexity index is 774. The van der Waals surface area contributed by atoms with E-state index in [2.05, 4.69) is 5.16 Å². The smallest absolute Gasteiger partial charge is 0.303 e. The Hall–Kier alpha value is -3.28. The predicted molar refractivity (Wildman–Crippen MR) is 109 cm³/mol. The molecule has 2 aromatic rings. The molecule has 2 rings (SSSR count). The van der Waals surface area contributed by atoms with Crippen LogP contribution in [0, 0.1) is 0 Å². The average Bonchev–Trinajstić information content (AvgIpc) is 2.72. The van der Waals surface area contributed by atoms with Crippen LogP contribution in [0.2, 0.25) is 0 Å². The minimum atomic E-state index is -0.821. The summed E-state index contributed by atoms with van der Waals surface area (Å²) in [5.74, 6) is 0.699. The van der Waals surface area contributed by atoms with Gasteiger partial charge < -0.3 is 19.4 Å². The highest BCUT2D eigenvalue weighted by molar-refractivity contribution is 5.96. The molecule has 28 heavy (non-hydrogen) atoms. The van der Waals surface area contributed by atoms with Crippen LogP contribution in [0.3, 0.4) is 0 Å². The zero-order valence-corrected chi connectivity index (χ0v) is 16.3. The van der Waals surface area contributed by atoms with Gasteiger partial charge in [-0.15, -0.1) is 0 Å². The maximum atomic E-state index is 10.9. The first-order valence-electron chi connectivity index (χ1n) is 8.89. The molecule has 0 radical (unpaired) electrons. The molecule has 0 aromatic heterocycles. The van der Waals surface area contributed by atoms with Crippen LogP contribution in [0.4, 0.5) is 0 Å². The first kappa shape index (κ1) is 21.0. The quantitative estimate of drug-likeness (QED) is 0.486. The maximum absolute atomic E-state index is 10.9. The first-order chi connectivity index (χ1) is 13.6.